The van der Waals surface area contributed by atoms with Gasteiger partial charge in [0.1, 0.15) is 0 Å². The first kappa shape index (κ1) is 11.5. The smallest absolute Gasteiger partial charge is 0.223 e. The van der Waals surface area contributed by atoms with Crippen LogP contribution in [-0.4, -0.2) is 15.1 Å². The SMILES string of the molecule is Cc1nc(CNc2ccc3cnccc3c2N)no1. The highest BCUT2D eigenvalue weighted by molar-refractivity contribution is 5.98. The summed E-state index contributed by atoms with van der Waals surface area (Å²) in [5.41, 5.74) is 7.68. The van der Waals surface area contributed by atoms with Crippen molar-refractivity contribution in [3.05, 3.63) is 42.3 Å². The minimum absolute atomic E-state index is 0.470. The third-order valence-corrected chi connectivity index (χ3v) is 2.87. The van der Waals surface area contributed by atoms with Gasteiger partial charge in [-0.1, -0.05) is 11.2 Å². The predicted molar refractivity (Wildman–Crippen MR) is 72.5 cm³/mol. The Kier molecular flexibility index (Phi) is 2.75. The molecule has 0 unspecified atom stereocenters. The molecule has 0 atom stereocenters. The van der Waals surface area contributed by atoms with Gasteiger partial charge in [-0.05, 0) is 12.1 Å². The summed E-state index contributed by atoms with van der Waals surface area (Å²) >= 11 is 0. The Bertz CT molecular complexity index is 722. The minimum Gasteiger partial charge on any atom is -0.397 e. The van der Waals surface area contributed by atoms with Gasteiger partial charge in [-0.25, -0.2) is 0 Å². The number of benzene rings is 1. The lowest BCUT2D eigenvalue weighted by Crippen LogP contribution is -2.04. The van der Waals surface area contributed by atoms with Gasteiger partial charge in [0, 0.05) is 30.1 Å². The number of hydrogen-bond acceptors (Lipinski definition) is 6. The second kappa shape index (κ2) is 4.56. The molecule has 3 rings (SSSR count). The first-order chi connectivity index (χ1) is 9.24. The molecule has 0 saturated heterocycles. The first-order valence-corrected chi connectivity index (χ1v) is 5.89. The molecule has 0 amide bonds. The summed E-state index contributed by atoms with van der Waals surface area (Å²) in [4.78, 5) is 8.20. The summed E-state index contributed by atoms with van der Waals surface area (Å²) in [6, 6.07) is 5.79. The first-order valence-electron chi connectivity index (χ1n) is 5.89. The van der Waals surface area contributed by atoms with Crippen molar-refractivity contribution in [2.75, 3.05) is 11.1 Å². The Morgan fingerprint density at radius 3 is 3.00 bits per heavy atom. The molecule has 0 radical (unpaired) electrons. The molecular weight excluding hydrogens is 242 g/mol. The second-order valence-electron chi connectivity index (χ2n) is 4.21. The molecule has 2 heterocycles. The molecule has 6 nitrogen and oxygen atoms in total. The molecule has 3 aromatic rings. The van der Waals surface area contributed by atoms with E-state index in [1.807, 2.05) is 18.2 Å². The fourth-order valence-corrected chi connectivity index (χ4v) is 1.93. The van der Waals surface area contributed by atoms with Crippen LogP contribution < -0.4 is 11.1 Å². The number of nitrogen functional groups attached to an aromatic ring is 1. The molecule has 1 aromatic carbocycles. The third-order valence-electron chi connectivity index (χ3n) is 2.87. The van der Waals surface area contributed by atoms with E-state index in [4.69, 9.17) is 10.3 Å². The van der Waals surface area contributed by atoms with Crippen LogP contribution >= 0.6 is 0 Å². The summed E-state index contributed by atoms with van der Waals surface area (Å²) in [6.07, 6.45) is 3.52. The van der Waals surface area contributed by atoms with Crippen LogP contribution in [0.5, 0.6) is 0 Å². The van der Waals surface area contributed by atoms with E-state index in [9.17, 15) is 0 Å². The summed E-state index contributed by atoms with van der Waals surface area (Å²) in [5, 5.41) is 9.02. The number of rotatable bonds is 3. The maximum atomic E-state index is 6.13. The number of pyridine rings is 1. The Hall–Kier alpha value is -2.63. The highest BCUT2D eigenvalue weighted by Crippen LogP contribution is 2.28. The van der Waals surface area contributed by atoms with Crippen molar-refractivity contribution >= 4 is 22.1 Å². The van der Waals surface area contributed by atoms with E-state index in [0.29, 0.717) is 23.9 Å². The quantitative estimate of drug-likeness (QED) is 0.697. The Morgan fingerprint density at radius 1 is 1.32 bits per heavy atom. The van der Waals surface area contributed by atoms with E-state index >= 15 is 0 Å². The topological polar surface area (TPSA) is 89.9 Å². The molecule has 0 aliphatic carbocycles. The van der Waals surface area contributed by atoms with E-state index in [1.54, 1.807) is 19.3 Å². The van der Waals surface area contributed by atoms with Crippen molar-refractivity contribution in [3.8, 4) is 0 Å². The number of fused-ring (bicyclic) bond motifs is 1. The zero-order chi connectivity index (χ0) is 13.2. The molecule has 0 aliphatic heterocycles. The molecule has 96 valence electrons. The summed E-state index contributed by atoms with van der Waals surface area (Å²) in [5.74, 6) is 1.15. The maximum absolute atomic E-state index is 6.13. The van der Waals surface area contributed by atoms with Crippen LogP contribution in [0.3, 0.4) is 0 Å². The van der Waals surface area contributed by atoms with Crippen molar-refractivity contribution in [1.29, 1.82) is 0 Å². The number of nitrogens with two attached hydrogens (primary N) is 1. The molecule has 0 spiro atoms. The van der Waals surface area contributed by atoms with Crippen molar-refractivity contribution in [2.24, 2.45) is 0 Å². The number of aromatic nitrogens is 3. The molecule has 6 heteroatoms. The molecule has 0 saturated carbocycles. The van der Waals surface area contributed by atoms with Crippen molar-refractivity contribution in [2.45, 2.75) is 13.5 Å². The van der Waals surface area contributed by atoms with Gasteiger partial charge in [-0.3, -0.25) is 4.98 Å². The van der Waals surface area contributed by atoms with Crippen LogP contribution in [-0.2, 0) is 6.54 Å². The Balaban J connectivity index is 1.87. The van der Waals surface area contributed by atoms with Gasteiger partial charge in [0.05, 0.1) is 17.9 Å². The zero-order valence-electron chi connectivity index (χ0n) is 10.4. The van der Waals surface area contributed by atoms with Crippen LogP contribution in [0.1, 0.15) is 11.7 Å². The third kappa shape index (κ3) is 2.20. The van der Waals surface area contributed by atoms with Crippen molar-refractivity contribution in [1.82, 2.24) is 15.1 Å². The number of hydrogen-bond donors (Lipinski definition) is 2. The van der Waals surface area contributed by atoms with Gasteiger partial charge in [-0.2, -0.15) is 4.98 Å². The minimum atomic E-state index is 0.470. The molecular formula is C13H13N5O. The fourth-order valence-electron chi connectivity index (χ4n) is 1.93. The molecule has 0 bridgehead atoms. The average molecular weight is 255 g/mol. The van der Waals surface area contributed by atoms with Crippen molar-refractivity contribution in [3.63, 3.8) is 0 Å². The summed E-state index contributed by atoms with van der Waals surface area (Å²) in [7, 11) is 0. The number of anilines is 2. The van der Waals surface area contributed by atoms with Gasteiger partial charge in [0.25, 0.3) is 0 Å². The van der Waals surface area contributed by atoms with Crippen LogP contribution in [0.25, 0.3) is 10.8 Å². The highest BCUT2D eigenvalue weighted by Gasteiger charge is 2.06. The molecule has 0 aliphatic rings. The summed E-state index contributed by atoms with van der Waals surface area (Å²) in [6.45, 7) is 2.23. The van der Waals surface area contributed by atoms with Crippen molar-refractivity contribution < 1.29 is 4.52 Å². The van der Waals surface area contributed by atoms with Gasteiger partial charge in [0.2, 0.25) is 5.89 Å². The van der Waals surface area contributed by atoms with Gasteiger partial charge < -0.3 is 15.6 Å². The van der Waals surface area contributed by atoms with E-state index in [0.717, 1.165) is 16.5 Å². The molecule has 0 fully saturated rings. The van der Waals surface area contributed by atoms with E-state index in [2.05, 4.69) is 20.4 Å². The van der Waals surface area contributed by atoms with Gasteiger partial charge >= 0.3 is 0 Å². The normalized spacial score (nSPS) is 10.8. The lowest BCUT2D eigenvalue weighted by Gasteiger charge is -2.09. The second-order valence-corrected chi connectivity index (χ2v) is 4.21. The lowest BCUT2D eigenvalue weighted by atomic mass is 10.1. The van der Waals surface area contributed by atoms with Crippen LogP contribution in [0.4, 0.5) is 11.4 Å². The highest BCUT2D eigenvalue weighted by atomic mass is 16.5. The van der Waals surface area contributed by atoms with Crippen LogP contribution in [0.15, 0.2) is 35.1 Å². The Labute approximate surface area is 109 Å². The number of aryl methyl sites for hydroxylation is 1. The predicted octanol–water partition coefficient (Wildman–Crippen LogP) is 2.12. The molecule has 3 N–H and O–H groups in total. The van der Waals surface area contributed by atoms with Gasteiger partial charge in [-0.15, -0.1) is 0 Å². The standard InChI is InChI=1S/C13H13N5O/c1-8-17-12(18-19-8)7-16-11-3-2-9-6-15-5-4-10(9)13(11)14/h2-6,16H,7,14H2,1H3. The largest absolute Gasteiger partial charge is 0.397 e. The van der Waals surface area contributed by atoms with E-state index in [1.165, 1.54) is 0 Å². The van der Waals surface area contributed by atoms with E-state index < -0.39 is 0 Å². The van der Waals surface area contributed by atoms with Crippen LogP contribution in [0.2, 0.25) is 0 Å². The average Bonchev–Trinajstić information content (AvgIpc) is 2.84. The number of nitrogens with zero attached hydrogens (tertiary/aromatic N) is 3. The molecule has 2 aromatic heterocycles. The molecule has 19 heavy (non-hydrogen) atoms. The van der Waals surface area contributed by atoms with Crippen LogP contribution in [0, 0.1) is 6.92 Å². The fraction of sp³-hybridized carbons (Fsp3) is 0.154. The lowest BCUT2D eigenvalue weighted by molar-refractivity contribution is 0.388. The summed E-state index contributed by atoms with van der Waals surface area (Å²) < 4.78 is 4.91. The van der Waals surface area contributed by atoms with Gasteiger partial charge in [0.15, 0.2) is 5.82 Å². The monoisotopic (exact) mass is 255 g/mol. The maximum Gasteiger partial charge on any atom is 0.223 e. The van der Waals surface area contributed by atoms with E-state index in [-0.39, 0.29) is 0 Å². The zero-order valence-corrected chi connectivity index (χ0v) is 10.4. The number of nitrogens with one attached hydrogen (secondary N) is 1. The Morgan fingerprint density at radius 2 is 2.21 bits per heavy atom.